The van der Waals surface area contributed by atoms with Crippen LogP contribution in [0.25, 0.3) is 0 Å². The monoisotopic (exact) mass is 240 g/mol. The largest absolute Gasteiger partial charge is 0.463 e. The summed E-state index contributed by atoms with van der Waals surface area (Å²) in [5, 5.41) is 0. The number of methoxy groups -OCH3 is 1. The highest BCUT2D eigenvalue weighted by molar-refractivity contribution is 5.90. The van der Waals surface area contributed by atoms with Crippen molar-refractivity contribution in [2.45, 2.75) is 26.2 Å². The van der Waals surface area contributed by atoms with Crippen LogP contribution in [0.4, 0.5) is 0 Å². The molecule has 1 aromatic heterocycles. The summed E-state index contributed by atoms with van der Waals surface area (Å²) in [7, 11) is 1.24. The van der Waals surface area contributed by atoms with Crippen LogP contribution in [0, 0.1) is 0 Å². The number of carbonyl (C=O) groups is 2. The molecular weight excluding hydrogens is 224 g/mol. The summed E-state index contributed by atoms with van der Waals surface area (Å²) in [6.07, 6.45) is 2.90. The lowest BCUT2D eigenvalue weighted by Crippen LogP contribution is -2.05. The van der Waals surface area contributed by atoms with E-state index in [0.717, 1.165) is 19.3 Å². The second-order valence-corrected chi connectivity index (χ2v) is 3.50. The van der Waals surface area contributed by atoms with Gasteiger partial charge in [-0.15, -0.1) is 0 Å². The topological polar surface area (TPSA) is 65.7 Å². The first-order valence-corrected chi connectivity index (χ1v) is 5.54. The Labute approximate surface area is 99.7 Å². The molecule has 1 aromatic rings. The van der Waals surface area contributed by atoms with Gasteiger partial charge in [-0.3, -0.25) is 0 Å². The van der Waals surface area contributed by atoms with E-state index in [1.807, 2.05) is 0 Å². The second-order valence-electron chi connectivity index (χ2n) is 3.50. The Hall–Kier alpha value is -1.78. The van der Waals surface area contributed by atoms with Crippen LogP contribution >= 0.6 is 0 Å². The van der Waals surface area contributed by atoms with Gasteiger partial charge in [0.05, 0.1) is 13.7 Å². The van der Waals surface area contributed by atoms with Gasteiger partial charge < -0.3 is 13.9 Å². The number of hydrogen-bond acceptors (Lipinski definition) is 5. The Morgan fingerprint density at radius 3 is 2.41 bits per heavy atom. The molecule has 0 bridgehead atoms. The predicted octanol–water partition coefficient (Wildman–Crippen LogP) is 2.41. The molecule has 0 unspecified atom stereocenters. The number of ether oxygens (including phenoxy) is 2. The third-order valence-electron chi connectivity index (χ3n) is 2.17. The summed E-state index contributed by atoms with van der Waals surface area (Å²) < 4.78 is 14.4. The van der Waals surface area contributed by atoms with Crippen molar-refractivity contribution in [3.8, 4) is 0 Å². The Morgan fingerprint density at radius 2 is 1.82 bits per heavy atom. The van der Waals surface area contributed by atoms with Gasteiger partial charge in [0.25, 0.3) is 0 Å². The molecule has 1 rings (SSSR count). The van der Waals surface area contributed by atoms with E-state index in [1.165, 1.54) is 19.2 Å². The van der Waals surface area contributed by atoms with Crippen LogP contribution in [-0.2, 0) is 9.47 Å². The first-order valence-electron chi connectivity index (χ1n) is 5.54. The quantitative estimate of drug-likeness (QED) is 0.564. The number of carbonyl (C=O) groups excluding carboxylic acids is 2. The SMILES string of the molecule is CCCCCOC(=O)c1ccc(C(=O)OC)o1. The zero-order valence-electron chi connectivity index (χ0n) is 10.0. The lowest BCUT2D eigenvalue weighted by atomic mass is 10.3. The van der Waals surface area contributed by atoms with Gasteiger partial charge in [0.2, 0.25) is 11.5 Å². The van der Waals surface area contributed by atoms with Crippen LogP contribution in [0.3, 0.4) is 0 Å². The maximum absolute atomic E-state index is 11.5. The Balaban J connectivity index is 2.46. The first kappa shape index (κ1) is 13.3. The van der Waals surface area contributed by atoms with Crippen molar-refractivity contribution in [3.63, 3.8) is 0 Å². The molecule has 0 radical (unpaired) electrons. The van der Waals surface area contributed by atoms with E-state index in [2.05, 4.69) is 11.7 Å². The van der Waals surface area contributed by atoms with E-state index in [4.69, 9.17) is 9.15 Å². The Bertz CT molecular complexity index is 380. The Kier molecular flexibility index (Phi) is 5.26. The summed E-state index contributed by atoms with van der Waals surface area (Å²) in [6, 6.07) is 2.78. The van der Waals surface area contributed by atoms with Crippen LogP contribution in [0.5, 0.6) is 0 Å². The molecule has 17 heavy (non-hydrogen) atoms. The minimum absolute atomic E-state index is 0.00647. The molecule has 94 valence electrons. The number of unbranched alkanes of at least 4 members (excludes halogenated alkanes) is 2. The summed E-state index contributed by atoms with van der Waals surface area (Å²) >= 11 is 0. The number of esters is 2. The van der Waals surface area contributed by atoms with Crippen molar-refractivity contribution in [1.29, 1.82) is 0 Å². The molecule has 0 aliphatic rings. The summed E-state index contributed by atoms with van der Waals surface area (Å²) in [4.78, 5) is 22.5. The van der Waals surface area contributed by atoms with Gasteiger partial charge in [0.1, 0.15) is 0 Å². The van der Waals surface area contributed by atoms with E-state index < -0.39 is 11.9 Å². The molecule has 0 saturated carbocycles. The van der Waals surface area contributed by atoms with Gasteiger partial charge in [-0.2, -0.15) is 0 Å². The fourth-order valence-corrected chi connectivity index (χ4v) is 1.25. The molecule has 0 aliphatic heterocycles. The molecule has 0 aromatic carbocycles. The minimum atomic E-state index is -0.616. The first-order chi connectivity index (χ1) is 8.19. The summed E-state index contributed by atoms with van der Waals surface area (Å²) in [5.74, 6) is -1.17. The van der Waals surface area contributed by atoms with Gasteiger partial charge in [-0.05, 0) is 18.6 Å². The normalized spacial score (nSPS) is 10.0. The highest BCUT2D eigenvalue weighted by Gasteiger charge is 2.16. The maximum atomic E-state index is 11.5. The summed E-state index contributed by atoms with van der Waals surface area (Å²) in [5.41, 5.74) is 0. The molecule has 1 heterocycles. The van der Waals surface area contributed by atoms with Crippen molar-refractivity contribution >= 4 is 11.9 Å². The number of hydrogen-bond donors (Lipinski definition) is 0. The molecule has 5 heteroatoms. The van der Waals surface area contributed by atoms with Crippen LogP contribution in [0.1, 0.15) is 47.3 Å². The van der Waals surface area contributed by atoms with E-state index in [0.29, 0.717) is 6.61 Å². The molecule has 5 nitrogen and oxygen atoms in total. The predicted molar refractivity (Wildman–Crippen MR) is 59.9 cm³/mol. The van der Waals surface area contributed by atoms with Crippen LogP contribution in [0.15, 0.2) is 16.5 Å². The van der Waals surface area contributed by atoms with Crippen LogP contribution in [-0.4, -0.2) is 25.7 Å². The van der Waals surface area contributed by atoms with Gasteiger partial charge in [-0.1, -0.05) is 19.8 Å². The fourth-order valence-electron chi connectivity index (χ4n) is 1.25. The fraction of sp³-hybridized carbons (Fsp3) is 0.500. The molecule has 0 N–H and O–H groups in total. The smallest absolute Gasteiger partial charge is 0.374 e. The van der Waals surface area contributed by atoms with E-state index in [-0.39, 0.29) is 11.5 Å². The zero-order valence-corrected chi connectivity index (χ0v) is 10.0. The van der Waals surface area contributed by atoms with Crippen molar-refractivity contribution in [2.75, 3.05) is 13.7 Å². The van der Waals surface area contributed by atoms with Gasteiger partial charge in [-0.25, -0.2) is 9.59 Å². The Morgan fingerprint density at radius 1 is 1.18 bits per heavy atom. The van der Waals surface area contributed by atoms with Crippen molar-refractivity contribution in [3.05, 3.63) is 23.7 Å². The molecule has 0 fully saturated rings. The van der Waals surface area contributed by atoms with Crippen LogP contribution < -0.4 is 0 Å². The number of rotatable bonds is 6. The van der Waals surface area contributed by atoms with Gasteiger partial charge >= 0.3 is 11.9 Å². The van der Waals surface area contributed by atoms with Gasteiger partial charge in [0, 0.05) is 0 Å². The van der Waals surface area contributed by atoms with Crippen molar-refractivity contribution in [1.82, 2.24) is 0 Å². The molecular formula is C12H16O5. The van der Waals surface area contributed by atoms with E-state index >= 15 is 0 Å². The molecule has 0 aliphatic carbocycles. The minimum Gasteiger partial charge on any atom is -0.463 e. The third-order valence-corrected chi connectivity index (χ3v) is 2.17. The lowest BCUT2D eigenvalue weighted by molar-refractivity contribution is 0.0451. The maximum Gasteiger partial charge on any atom is 0.374 e. The standard InChI is InChI=1S/C12H16O5/c1-3-4-5-8-16-12(14)10-7-6-9(17-10)11(13)15-2/h6-7H,3-5,8H2,1-2H3. The highest BCUT2D eigenvalue weighted by Crippen LogP contribution is 2.10. The van der Waals surface area contributed by atoms with Gasteiger partial charge in [0.15, 0.2) is 0 Å². The van der Waals surface area contributed by atoms with Crippen molar-refractivity contribution < 1.29 is 23.5 Å². The van der Waals surface area contributed by atoms with E-state index in [9.17, 15) is 9.59 Å². The van der Waals surface area contributed by atoms with Crippen molar-refractivity contribution in [2.24, 2.45) is 0 Å². The van der Waals surface area contributed by atoms with Crippen LogP contribution in [0.2, 0.25) is 0 Å². The average Bonchev–Trinajstić information content (AvgIpc) is 2.83. The van der Waals surface area contributed by atoms with E-state index in [1.54, 1.807) is 0 Å². The highest BCUT2D eigenvalue weighted by atomic mass is 16.6. The lowest BCUT2D eigenvalue weighted by Gasteiger charge is -2.01. The molecule has 0 saturated heterocycles. The zero-order chi connectivity index (χ0) is 12.7. The third kappa shape index (κ3) is 3.94. The molecule has 0 amide bonds. The average molecular weight is 240 g/mol. The summed E-state index contributed by atoms with van der Waals surface area (Å²) in [6.45, 7) is 2.43. The second kappa shape index (κ2) is 6.73. The number of furan rings is 1. The molecule has 0 spiro atoms. The molecule has 0 atom stereocenters.